The molecule has 0 aliphatic rings. The Morgan fingerprint density at radius 2 is 1.75 bits per heavy atom. The zero-order valence-electron chi connectivity index (χ0n) is 16.3. The van der Waals surface area contributed by atoms with E-state index in [1.165, 1.54) is 23.4 Å². The van der Waals surface area contributed by atoms with Crippen LogP contribution in [0.1, 0.15) is 48.3 Å². The number of halogens is 2. The molecule has 2 aromatic carbocycles. The molecule has 28 heavy (non-hydrogen) atoms. The third kappa shape index (κ3) is 4.56. The molecule has 2 aromatic rings. The lowest BCUT2D eigenvalue weighted by molar-refractivity contribution is 0.0939. The first-order chi connectivity index (χ1) is 13.1. The molecule has 2 rings (SSSR count). The van der Waals surface area contributed by atoms with E-state index in [0.29, 0.717) is 18.7 Å². The number of benzene rings is 2. The summed E-state index contributed by atoms with van der Waals surface area (Å²) < 4.78 is 54.2. The Morgan fingerprint density at radius 3 is 2.36 bits per heavy atom. The maximum atomic E-state index is 13.9. The summed E-state index contributed by atoms with van der Waals surface area (Å²) in [5, 5.41) is 2.58. The van der Waals surface area contributed by atoms with Crippen LogP contribution in [0.2, 0.25) is 0 Å². The van der Waals surface area contributed by atoms with E-state index in [0.717, 1.165) is 18.2 Å². The first-order valence-corrected chi connectivity index (χ1v) is 10.4. The number of hydrogen-bond donors (Lipinski definition) is 1. The monoisotopic (exact) mass is 410 g/mol. The second-order valence-corrected chi connectivity index (χ2v) is 8.34. The highest BCUT2D eigenvalue weighted by Crippen LogP contribution is 2.23. The Balaban J connectivity index is 2.33. The Bertz CT molecular complexity index is 973. The molecule has 0 spiro atoms. The van der Waals surface area contributed by atoms with Crippen LogP contribution in [0.4, 0.5) is 8.78 Å². The smallest absolute Gasteiger partial charge is 0.251 e. The number of carbonyl (C=O) groups is 1. The van der Waals surface area contributed by atoms with Crippen molar-refractivity contribution in [3.05, 3.63) is 64.7 Å². The highest BCUT2D eigenvalue weighted by molar-refractivity contribution is 7.89. The summed E-state index contributed by atoms with van der Waals surface area (Å²) >= 11 is 0. The Kier molecular flexibility index (Phi) is 6.90. The van der Waals surface area contributed by atoms with Gasteiger partial charge in [0.25, 0.3) is 5.91 Å². The van der Waals surface area contributed by atoms with Gasteiger partial charge in [0.1, 0.15) is 11.6 Å². The van der Waals surface area contributed by atoms with Crippen molar-refractivity contribution >= 4 is 15.9 Å². The molecule has 0 bridgehead atoms. The Labute approximate surface area is 164 Å². The molecule has 0 aliphatic heterocycles. The quantitative estimate of drug-likeness (QED) is 0.755. The van der Waals surface area contributed by atoms with Gasteiger partial charge in [0.05, 0.1) is 10.9 Å². The number of aryl methyl sites for hydroxylation is 1. The van der Waals surface area contributed by atoms with Gasteiger partial charge in [-0.05, 0) is 49.7 Å². The first-order valence-electron chi connectivity index (χ1n) is 8.98. The highest BCUT2D eigenvalue weighted by Gasteiger charge is 2.25. The number of carbonyl (C=O) groups excluding carboxylic acids is 1. The SMILES string of the molecule is CCN(CC)S(=O)(=O)c1cc(C(=O)NC(C)c2cc(F)ccc2F)ccc1C. The van der Waals surface area contributed by atoms with Gasteiger partial charge in [-0.25, -0.2) is 17.2 Å². The van der Waals surface area contributed by atoms with Crippen LogP contribution in [0.25, 0.3) is 0 Å². The highest BCUT2D eigenvalue weighted by atomic mass is 32.2. The van der Waals surface area contributed by atoms with Crippen molar-refractivity contribution in [2.24, 2.45) is 0 Å². The summed E-state index contributed by atoms with van der Waals surface area (Å²) in [5.41, 5.74) is 0.657. The van der Waals surface area contributed by atoms with Gasteiger partial charge in [0.15, 0.2) is 0 Å². The molecule has 0 aliphatic carbocycles. The lowest BCUT2D eigenvalue weighted by Crippen LogP contribution is -2.32. The minimum atomic E-state index is -3.74. The fourth-order valence-corrected chi connectivity index (χ4v) is 4.63. The number of sulfonamides is 1. The summed E-state index contributed by atoms with van der Waals surface area (Å²) in [6, 6.07) is 6.58. The second kappa shape index (κ2) is 8.79. The number of amides is 1. The van der Waals surface area contributed by atoms with Crippen LogP contribution in [0, 0.1) is 18.6 Å². The Hall–Kier alpha value is -2.32. The fraction of sp³-hybridized carbons (Fsp3) is 0.350. The maximum Gasteiger partial charge on any atom is 0.251 e. The van der Waals surface area contributed by atoms with Crippen LogP contribution in [-0.2, 0) is 10.0 Å². The minimum absolute atomic E-state index is 0.0106. The standard InChI is InChI=1S/C20H24F2N2O3S/c1-5-24(6-2)28(26,27)19-11-15(8-7-13(19)3)20(25)23-14(4)17-12-16(21)9-10-18(17)22/h7-12,14H,5-6H2,1-4H3,(H,23,25). The fourth-order valence-electron chi connectivity index (χ4n) is 2.93. The van der Waals surface area contributed by atoms with Crippen molar-refractivity contribution in [3.63, 3.8) is 0 Å². The average Bonchev–Trinajstić information content (AvgIpc) is 2.64. The first kappa shape index (κ1) is 22.0. The van der Waals surface area contributed by atoms with Crippen LogP contribution in [0.3, 0.4) is 0 Å². The summed E-state index contributed by atoms with van der Waals surface area (Å²) in [5.74, 6) is -1.82. The van der Waals surface area contributed by atoms with Gasteiger partial charge < -0.3 is 5.32 Å². The summed E-state index contributed by atoms with van der Waals surface area (Å²) in [4.78, 5) is 12.6. The third-order valence-corrected chi connectivity index (χ3v) is 6.74. The van der Waals surface area contributed by atoms with E-state index in [-0.39, 0.29) is 16.0 Å². The van der Waals surface area contributed by atoms with Gasteiger partial charge >= 0.3 is 0 Å². The van der Waals surface area contributed by atoms with Crippen LogP contribution >= 0.6 is 0 Å². The summed E-state index contributed by atoms with van der Waals surface area (Å²) in [7, 11) is -3.74. The predicted molar refractivity (Wildman–Crippen MR) is 104 cm³/mol. The average molecular weight is 410 g/mol. The van der Waals surface area contributed by atoms with E-state index in [9.17, 15) is 22.0 Å². The van der Waals surface area contributed by atoms with E-state index in [2.05, 4.69) is 5.32 Å². The number of nitrogens with zero attached hydrogens (tertiary/aromatic N) is 1. The second-order valence-electron chi connectivity index (χ2n) is 6.43. The molecule has 0 saturated carbocycles. The van der Waals surface area contributed by atoms with Crippen molar-refractivity contribution in [2.75, 3.05) is 13.1 Å². The zero-order chi connectivity index (χ0) is 21.1. The van der Waals surface area contributed by atoms with Crippen molar-refractivity contribution in [2.45, 2.75) is 38.6 Å². The summed E-state index contributed by atoms with van der Waals surface area (Å²) in [6.45, 7) is 7.28. The molecule has 1 N–H and O–H groups in total. The topological polar surface area (TPSA) is 66.5 Å². The van der Waals surface area contributed by atoms with Crippen molar-refractivity contribution in [1.82, 2.24) is 9.62 Å². The zero-order valence-corrected chi connectivity index (χ0v) is 17.1. The number of hydrogen-bond acceptors (Lipinski definition) is 3. The van der Waals surface area contributed by atoms with Gasteiger partial charge in [0, 0.05) is 24.2 Å². The molecule has 1 atom stereocenters. The van der Waals surface area contributed by atoms with E-state index in [1.54, 1.807) is 26.8 Å². The molecule has 0 saturated heterocycles. The molecular formula is C20H24F2N2O3S. The molecule has 1 amide bonds. The maximum absolute atomic E-state index is 13.9. The van der Waals surface area contributed by atoms with Crippen molar-refractivity contribution in [1.29, 1.82) is 0 Å². The van der Waals surface area contributed by atoms with Gasteiger partial charge in [-0.3, -0.25) is 4.79 Å². The Morgan fingerprint density at radius 1 is 1.11 bits per heavy atom. The lowest BCUT2D eigenvalue weighted by Gasteiger charge is -2.20. The molecule has 0 radical (unpaired) electrons. The van der Waals surface area contributed by atoms with E-state index in [4.69, 9.17) is 0 Å². The van der Waals surface area contributed by atoms with Gasteiger partial charge in [0.2, 0.25) is 10.0 Å². The molecule has 0 heterocycles. The van der Waals surface area contributed by atoms with Crippen LogP contribution < -0.4 is 5.32 Å². The minimum Gasteiger partial charge on any atom is -0.345 e. The molecule has 5 nitrogen and oxygen atoms in total. The largest absolute Gasteiger partial charge is 0.345 e. The van der Waals surface area contributed by atoms with Crippen LogP contribution in [0.15, 0.2) is 41.3 Å². The predicted octanol–water partition coefficient (Wildman–Crippen LogP) is 3.79. The van der Waals surface area contributed by atoms with Crippen molar-refractivity contribution < 1.29 is 22.0 Å². The van der Waals surface area contributed by atoms with Crippen LogP contribution in [0.5, 0.6) is 0 Å². The molecule has 152 valence electrons. The van der Waals surface area contributed by atoms with Gasteiger partial charge in [-0.2, -0.15) is 4.31 Å². The summed E-state index contributed by atoms with van der Waals surface area (Å²) in [6.07, 6.45) is 0. The molecule has 1 unspecified atom stereocenters. The van der Waals surface area contributed by atoms with E-state index < -0.39 is 33.6 Å². The molecule has 0 aromatic heterocycles. The van der Waals surface area contributed by atoms with Gasteiger partial charge in [-0.1, -0.05) is 19.9 Å². The molecule has 8 heteroatoms. The normalized spacial score (nSPS) is 12.8. The van der Waals surface area contributed by atoms with Crippen LogP contribution in [-0.4, -0.2) is 31.7 Å². The number of nitrogens with one attached hydrogen (secondary N) is 1. The molecule has 0 fully saturated rings. The van der Waals surface area contributed by atoms with Gasteiger partial charge in [-0.15, -0.1) is 0 Å². The third-order valence-electron chi connectivity index (χ3n) is 4.55. The van der Waals surface area contributed by atoms with Crippen molar-refractivity contribution in [3.8, 4) is 0 Å². The number of rotatable bonds is 7. The lowest BCUT2D eigenvalue weighted by atomic mass is 10.1. The van der Waals surface area contributed by atoms with E-state index in [1.807, 2.05) is 0 Å². The van der Waals surface area contributed by atoms with E-state index >= 15 is 0 Å². The molecular weight excluding hydrogens is 386 g/mol.